The van der Waals surface area contributed by atoms with Crippen molar-refractivity contribution in [2.75, 3.05) is 4.90 Å². The van der Waals surface area contributed by atoms with E-state index in [1.807, 2.05) is 0 Å². The minimum absolute atomic E-state index is 1.11. The van der Waals surface area contributed by atoms with Crippen LogP contribution in [0.15, 0.2) is 194 Å². The van der Waals surface area contributed by atoms with Crippen LogP contribution in [-0.2, 0) is 0 Å². The van der Waals surface area contributed by atoms with Crippen LogP contribution in [0.5, 0.6) is 0 Å². The summed E-state index contributed by atoms with van der Waals surface area (Å²) in [6.07, 6.45) is 0. The molecule has 0 aliphatic heterocycles. The Kier molecular flexibility index (Phi) is 6.53. The molecule has 0 N–H and O–H groups in total. The lowest BCUT2D eigenvalue weighted by molar-refractivity contribution is 1.18. The number of fused-ring (bicyclic) bond motifs is 6. The highest BCUT2D eigenvalue weighted by atomic mass is 15.1. The predicted octanol–water partition coefficient (Wildman–Crippen LogP) is 13.4. The molecule has 10 rings (SSSR count). The van der Waals surface area contributed by atoms with Crippen molar-refractivity contribution in [3.8, 4) is 16.8 Å². The van der Waals surface area contributed by atoms with E-state index in [2.05, 4.69) is 204 Å². The SMILES string of the molecule is c1ccc(-n2c3cc4ccccc4cc3c3c(-c4cccc(N(c5ccc6ccccc6c5)c5cccc6ccccc56)c4)cccc32)cc1. The zero-order chi connectivity index (χ0) is 33.0. The monoisotopic (exact) mass is 636 g/mol. The summed E-state index contributed by atoms with van der Waals surface area (Å²) in [4.78, 5) is 2.42. The van der Waals surface area contributed by atoms with Crippen LogP contribution in [0.4, 0.5) is 17.1 Å². The van der Waals surface area contributed by atoms with Crippen molar-refractivity contribution in [3.05, 3.63) is 194 Å². The van der Waals surface area contributed by atoms with Gasteiger partial charge in [-0.2, -0.15) is 0 Å². The van der Waals surface area contributed by atoms with E-state index in [1.165, 1.54) is 65.3 Å². The second kappa shape index (κ2) is 11.5. The van der Waals surface area contributed by atoms with Gasteiger partial charge in [-0.25, -0.2) is 0 Å². The first-order valence-corrected chi connectivity index (χ1v) is 17.2. The van der Waals surface area contributed by atoms with Gasteiger partial charge in [-0.15, -0.1) is 0 Å². The number of hydrogen-bond donors (Lipinski definition) is 0. The Morgan fingerprint density at radius 2 is 1.00 bits per heavy atom. The van der Waals surface area contributed by atoms with Crippen molar-refractivity contribution >= 4 is 71.2 Å². The molecule has 1 aromatic heterocycles. The molecule has 0 fully saturated rings. The first-order valence-electron chi connectivity index (χ1n) is 17.2. The maximum Gasteiger partial charge on any atom is 0.0547 e. The molecule has 2 heteroatoms. The maximum atomic E-state index is 2.42. The van der Waals surface area contributed by atoms with Gasteiger partial charge in [-0.3, -0.25) is 0 Å². The van der Waals surface area contributed by atoms with Gasteiger partial charge in [0.2, 0.25) is 0 Å². The van der Waals surface area contributed by atoms with Crippen LogP contribution in [0.1, 0.15) is 0 Å². The van der Waals surface area contributed by atoms with E-state index < -0.39 is 0 Å². The molecule has 0 spiro atoms. The summed E-state index contributed by atoms with van der Waals surface area (Å²) in [5, 5.41) is 9.89. The normalized spacial score (nSPS) is 11.6. The summed E-state index contributed by atoms with van der Waals surface area (Å²) in [5.41, 5.74) is 9.36. The second-order valence-electron chi connectivity index (χ2n) is 13.0. The van der Waals surface area contributed by atoms with E-state index in [0.29, 0.717) is 0 Å². The average molecular weight is 637 g/mol. The third-order valence-corrected chi connectivity index (χ3v) is 10.1. The molecule has 0 aliphatic carbocycles. The van der Waals surface area contributed by atoms with Crippen molar-refractivity contribution in [1.29, 1.82) is 0 Å². The van der Waals surface area contributed by atoms with Crippen LogP contribution in [0.3, 0.4) is 0 Å². The molecule has 0 saturated carbocycles. The molecule has 0 radical (unpaired) electrons. The number of nitrogens with zero attached hydrogens (tertiary/aromatic N) is 2. The number of benzene rings is 9. The fourth-order valence-corrected chi connectivity index (χ4v) is 7.81. The van der Waals surface area contributed by atoms with Gasteiger partial charge in [0.15, 0.2) is 0 Å². The molecule has 0 amide bonds. The zero-order valence-corrected chi connectivity index (χ0v) is 27.4. The molecule has 0 bridgehead atoms. The second-order valence-corrected chi connectivity index (χ2v) is 13.0. The maximum absolute atomic E-state index is 2.42. The highest BCUT2D eigenvalue weighted by Gasteiger charge is 2.20. The third kappa shape index (κ3) is 4.57. The predicted molar refractivity (Wildman–Crippen MR) is 213 cm³/mol. The van der Waals surface area contributed by atoms with Crippen LogP contribution in [0.25, 0.3) is 70.9 Å². The van der Waals surface area contributed by atoms with Crippen LogP contribution in [0.2, 0.25) is 0 Å². The van der Waals surface area contributed by atoms with Crippen molar-refractivity contribution in [2.24, 2.45) is 0 Å². The van der Waals surface area contributed by atoms with Gasteiger partial charge in [0.1, 0.15) is 0 Å². The molecule has 2 nitrogen and oxygen atoms in total. The van der Waals surface area contributed by atoms with Gasteiger partial charge in [0.25, 0.3) is 0 Å². The van der Waals surface area contributed by atoms with E-state index in [4.69, 9.17) is 0 Å². The lowest BCUT2D eigenvalue weighted by atomic mass is 9.97. The van der Waals surface area contributed by atoms with Gasteiger partial charge >= 0.3 is 0 Å². The lowest BCUT2D eigenvalue weighted by Crippen LogP contribution is -2.10. The minimum Gasteiger partial charge on any atom is -0.310 e. The minimum atomic E-state index is 1.11. The molecule has 0 aliphatic rings. The van der Waals surface area contributed by atoms with Crippen LogP contribution < -0.4 is 4.90 Å². The average Bonchev–Trinajstić information content (AvgIpc) is 3.51. The standard InChI is InChI=1S/C48H32N2/c1-2-20-39(21-3-1)50-46-26-12-24-43(48(46)44-31-36-16-6-7-17-37(36)32-47(44)50)38-19-10-22-40(30-38)49(41-28-27-33-13-4-5-15-35(33)29-41)45-25-11-18-34-14-8-9-23-42(34)45/h1-32H. The van der Waals surface area contributed by atoms with Crippen LogP contribution >= 0.6 is 0 Å². The molecule has 9 aromatic carbocycles. The number of rotatable bonds is 5. The Morgan fingerprint density at radius 3 is 1.84 bits per heavy atom. The van der Waals surface area contributed by atoms with Gasteiger partial charge < -0.3 is 9.47 Å². The van der Waals surface area contributed by atoms with Gasteiger partial charge in [0, 0.05) is 33.2 Å². The first kappa shape index (κ1) is 28.4. The van der Waals surface area contributed by atoms with E-state index in [9.17, 15) is 0 Å². The van der Waals surface area contributed by atoms with Crippen molar-refractivity contribution in [2.45, 2.75) is 0 Å². The molecule has 50 heavy (non-hydrogen) atoms. The van der Waals surface area contributed by atoms with Crippen LogP contribution in [-0.4, -0.2) is 4.57 Å². The highest BCUT2D eigenvalue weighted by Crippen LogP contribution is 2.44. The Balaban J connectivity index is 1.23. The van der Waals surface area contributed by atoms with Crippen molar-refractivity contribution in [1.82, 2.24) is 4.57 Å². The molecule has 234 valence electrons. The van der Waals surface area contributed by atoms with Gasteiger partial charge in [-0.1, -0.05) is 133 Å². The number of para-hydroxylation sites is 1. The smallest absolute Gasteiger partial charge is 0.0547 e. The number of hydrogen-bond acceptors (Lipinski definition) is 1. The molecule has 0 saturated heterocycles. The Hall–Kier alpha value is -6.64. The third-order valence-electron chi connectivity index (χ3n) is 10.1. The summed E-state index contributed by atoms with van der Waals surface area (Å²) in [7, 11) is 0. The number of anilines is 3. The fourth-order valence-electron chi connectivity index (χ4n) is 7.81. The van der Waals surface area contributed by atoms with E-state index in [-0.39, 0.29) is 0 Å². The van der Waals surface area contributed by atoms with E-state index in [1.54, 1.807) is 0 Å². The van der Waals surface area contributed by atoms with Crippen LogP contribution in [0, 0.1) is 0 Å². The fraction of sp³-hybridized carbons (Fsp3) is 0. The Labute approximate surface area is 290 Å². The summed E-state index contributed by atoms with van der Waals surface area (Å²) in [6.45, 7) is 0. The number of aromatic nitrogens is 1. The Bertz CT molecular complexity index is 2880. The van der Waals surface area contributed by atoms with Gasteiger partial charge in [0.05, 0.1) is 16.7 Å². The summed E-state index contributed by atoms with van der Waals surface area (Å²) in [5.74, 6) is 0. The van der Waals surface area contributed by atoms with Crippen molar-refractivity contribution in [3.63, 3.8) is 0 Å². The summed E-state index contributed by atoms with van der Waals surface area (Å²) < 4.78 is 2.42. The van der Waals surface area contributed by atoms with E-state index in [0.717, 1.165) is 22.7 Å². The van der Waals surface area contributed by atoms with Crippen molar-refractivity contribution < 1.29 is 0 Å². The molecular weight excluding hydrogens is 605 g/mol. The molecule has 10 aromatic rings. The lowest BCUT2D eigenvalue weighted by Gasteiger charge is -2.27. The van der Waals surface area contributed by atoms with E-state index >= 15 is 0 Å². The molecular formula is C48H32N2. The molecule has 0 unspecified atom stereocenters. The Morgan fingerprint density at radius 1 is 0.360 bits per heavy atom. The topological polar surface area (TPSA) is 8.17 Å². The quantitative estimate of drug-likeness (QED) is 0.182. The summed E-state index contributed by atoms with van der Waals surface area (Å²) in [6, 6.07) is 70.6. The largest absolute Gasteiger partial charge is 0.310 e. The molecule has 1 heterocycles. The highest BCUT2D eigenvalue weighted by molar-refractivity contribution is 6.18. The van der Waals surface area contributed by atoms with Gasteiger partial charge in [-0.05, 0) is 98.7 Å². The molecule has 0 atom stereocenters. The zero-order valence-electron chi connectivity index (χ0n) is 27.4. The summed E-state index contributed by atoms with van der Waals surface area (Å²) >= 11 is 0. The first-order chi connectivity index (χ1) is 24.8.